The molecule has 7 heteroatoms. The number of rotatable bonds is 3. The second-order valence-corrected chi connectivity index (χ2v) is 7.45. The molecule has 2 aromatic rings. The van der Waals surface area contributed by atoms with Gasteiger partial charge < -0.3 is 10.0 Å². The molecule has 2 aliphatic rings. The zero-order valence-corrected chi connectivity index (χ0v) is 15.0. The zero-order chi connectivity index (χ0) is 18.1. The molecule has 0 aliphatic carbocycles. The quantitative estimate of drug-likeness (QED) is 0.904. The maximum Gasteiger partial charge on any atom is 0.311 e. The second kappa shape index (κ2) is 6.92. The number of benzene rings is 1. The summed E-state index contributed by atoms with van der Waals surface area (Å²) in [6.45, 7) is 1.33. The number of carbonyl (C=O) groups excluding carboxylic acids is 1. The molecule has 0 saturated carbocycles. The number of hydrogen-bond acceptors (Lipinski definition) is 5. The van der Waals surface area contributed by atoms with Gasteiger partial charge in [-0.3, -0.25) is 19.1 Å². The third-order valence-corrected chi connectivity index (χ3v) is 5.66. The van der Waals surface area contributed by atoms with Crippen LogP contribution in [0, 0.1) is 0 Å². The van der Waals surface area contributed by atoms with Crippen LogP contribution < -0.4 is 4.87 Å². The lowest BCUT2D eigenvalue weighted by atomic mass is 10.1. The van der Waals surface area contributed by atoms with Crippen LogP contribution >= 0.6 is 11.3 Å². The molecule has 1 amide bonds. The van der Waals surface area contributed by atoms with Crippen molar-refractivity contribution >= 4 is 40.8 Å². The van der Waals surface area contributed by atoms with Crippen LogP contribution in [0.4, 0.5) is 5.69 Å². The van der Waals surface area contributed by atoms with Crippen LogP contribution in [0.25, 0.3) is 11.6 Å². The van der Waals surface area contributed by atoms with Gasteiger partial charge in [-0.1, -0.05) is 29.5 Å². The molecule has 6 nitrogen and oxygen atoms in total. The van der Waals surface area contributed by atoms with Gasteiger partial charge in [0, 0.05) is 30.4 Å². The molecular weight excluding hydrogens is 350 g/mol. The van der Waals surface area contributed by atoms with E-state index in [1.807, 2.05) is 24.3 Å². The highest BCUT2D eigenvalue weighted by Crippen LogP contribution is 2.34. The Morgan fingerprint density at radius 3 is 2.81 bits per heavy atom. The molecule has 1 aromatic heterocycles. The average molecular weight is 369 g/mol. The van der Waals surface area contributed by atoms with Gasteiger partial charge in [0.1, 0.15) is 6.54 Å². The molecule has 0 atom stereocenters. The lowest BCUT2D eigenvalue weighted by Crippen LogP contribution is -2.38. The highest BCUT2D eigenvalue weighted by atomic mass is 32.1. The minimum absolute atomic E-state index is 0.116. The fourth-order valence-electron chi connectivity index (χ4n) is 3.32. The van der Waals surface area contributed by atoms with Gasteiger partial charge in [-0.05, 0) is 31.4 Å². The zero-order valence-electron chi connectivity index (χ0n) is 14.2. The largest absolute Gasteiger partial charge is 0.493 e. The number of amides is 1. The summed E-state index contributed by atoms with van der Waals surface area (Å²) in [5.41, 5.74) is 2.67. The first-order chi connectivity index (χ1) is 12.6. The van der Waals surface area contributed by atoms with Crippen molar-refractivity contribution in [2.45, 2.75) is 25.8 Å². The van der Waals surface area contributed by atoms with Crippen LogP contribution in [0.3, 0.4) is 0 Å². The number of aliphatic imine (C=N–C) groups is 1. The maximum absolute atomic E-state index is 12.4. The molecule has 0 radical (unpaired) electrons. The van der Waals surface area contributed by atoms with Gasteiger partial charge in [-0.2, -0.15) is 0 Å². The van der Waals surface area contributed by atoms with Crippen LogP contribution in [0.1, 0.15) is 29.7 Å². The predicted molar refractivity (Wildman–Crippen MR) is 103 cm³/mol. The molecule has 0 spiro atoms. The smallest absolute Gasteiger partial charge is 0.311 e. The first-order valence-corrected chi connectivity index (χ1v) is 9.50. The molecule has 0 bridgehead atoms. The lowest BCUT2D eigenvalue weighted by molar-refractivity contribution is -0.132. The van der Waals surface area contributed by atoms with Gasteiger partial charge in [-0.25, -0.2) is 0 Å². The van der Waals surface area contributed by atoms with Crippen LogP contribution in [0.15, 0.2) is 34.1 Å². The molecular formula is C19H19N3O3S. The van der Waals surface area contributed by atoms with Gasteiger partial charge in [0.05, 0.1) is 10.6 Å². The Bertz CT molecular complexity index is 965. The minimum atomic E-state index is -0.331. The van der Waals surface area contributed by atoms with E-state index in [0.29, 0.717) is 4.88 Å². The molecule has 1 fully saturated rings. The number of hydrogen-bond donors (Lipinski definition) is 1. The second-order valence-electron chi connectivity index (χ2n) is 6.46. The summed E-state index contributed by atoms with van der Waals surface area (Å²) in [6, 6.07) is 7.70. The monoisotopic (exact) mass is 369 g/mol. The Kier molecular flexibility index (Phi) is 4.46. The standard InChI is InChI=1S/C19H19N3O3S/c23-17(21-8-4-1-5-9-21)12-22-18(24)16(26-19(22)25)10-13-11-20-15-7-3-2-6-14(13)15/h2-3,6-7,10-11,24H,1,4-5,8-9,12H2. The van der Waals surface area contributed by atoms with Crippen molar-refractivity contribution in [2.75, 3.05) is 13.1 Å². The first-order valence-electron chi connectivity index (χ1n) is 8.69. The van der Waals surface area contributed by atoms with Gasteiger partial charge in [0.25, 0.3) is 0 Å². The summed E-state index contributed by atoms with van der Waals surface area (Å²) in [5.74, 6) is -0.275. The van der Waals surface area contributed by atoms with Crippen molar-refractivity contribution in [1.29, 1.82) is 0 Å². The number of thiazole rings is 1. The van der Waals surface area contributed by atoms with E-state index in [-0.39, 0.29) is 23.2 Å². The molecule has 1 aromatic carbocycles. The fourth-order valence-corrected chi connectivity index (χ4v) is 4.16. The summed E-state index contributed by atoms with van der Waals surface area (Å²) in [7, 11) is 0. The van der Waals surface area contributed by atoms with Gasteiger partial charge in [-0.15, -0.1) is 0 Å². The average Bonchev–Trinajstić information content (AvgIpc) is 3.19. The summed E-state index contributed by atoms with van der Waals surface area (Å²) in [5, 5.41) is 10.5. The van der Waals surface area contributed by atoms with E-state index in [1.54, 1.807) is 17.2 Å². The summed E-state index contributed by atoms with van der Waals surface area (Å²) >= 11 is 0.940. The Labute approximate surface area is 154 Å². The fraction of sp³-hybridized carbons (Fsp3) is 0.316. The van der Waals surface area contributed by atoms with Crippen LogP contribution in [-0.2, 0) is 11.3 Å². The third kappa shape index (κ3) is 3.10. The van der Waals surface area contributed by atoms with E-state index in [2.05, 4.69) is 4.99 Å². The van der Waals surface area contributed by atoms with Crippen LogP contribution in [0.5, 0.6) is 5.88 Å². The van der Waals surface area contributed by atoms with Crippen molar-refractivity contribution in [3.63, 3.8) is 0 Å². The molecule has 1 saturated heterocycles. The summed E-state index contributed by atoms with van der Waals surface area (Å²) < 4.78 is 1.16. The van der Waals surface area contributed by atoms with E-state index < -0.39 is 0 Å². The van der Waals surface area contributed by atoms with Gasteiger partial charge >= 0.3 is 4.87 Å². The van der Waals surface area contributed by atoms with Crippen LogP contribution in [0.2, 0.25) is 0 Å². The number of nitrogens with zero attached hydrogens (tertiary/aromatic N) is 3. The van der Waals surface area contributed by atoms with Gasteiger partial charge in [0.15, 0.2) is 0 Å². The summed E-state index contributed by atoms with van der Waals surface area (Å²) in [4.78, 5) is 30.9. The Morgan fingerprint density at radius 1 is 1.23 bits per heavy atom. The molecule has 0 unspecified atom stereocenters. The van der Waals surface area contributed by atoms with Crippen LogP contribution in [-0.4, -0.2) is 39.8 Å². The Balaban J connectivity index is 1.60. The molecule has 1 N–H and O–H groups in total. The number of aromatic nitrogens is 1. The van der Waals surface area contributed by atoms with Crippen molar-refractivity contribution in [1.82, 2.24) is 9.47 Å². The van der Waals surface area contributed by atoms with E-state index in [9.17, 15) is 14.7 Å². The molecule has 26 heavy (non-hydrogen) atoms. The minimum Gasteiger partial charge on any atom is -0.493 e. The van der Waals surface area contributed by atoms with Gasteiger partial charge in [0.2, 0.25) is 11.8 Å². The van der Waals surface area contributed by atoms with Crippen molar-refractivity contribution in [3.05, 3.63) is 44.4 Å². The number of carbonyl (C=O) groups is 1. The summed E-state index contributed by atoms with van der Waals surface area (Å²) in [6.07, 6.45) is 6.59. The lowest BCUT2D eigenvalue weighted by Gasteiger charge is -2.26. The van der Waals surface area contributed by atoms with E-state index in [1.165, 1.54) is 0 Å². The third-order valence-electron chi connectivity index (χ3n) is 4.74. The van der Waals surface area contributed by atoms with Crippen molar-refractivity contribution < 1.29 is 9.90 Å². The first kappa shape index (κ1) is 16.8. The van der Waals surface area contributed by atoms with Crippen molar-refractivity contribution in [2.24, 2.45) is 4.99 Å². The number of piperidine rings is 1. The highest BCUT2D eigenvalue weighted by molar-refractivity contribution is 7.10. The number of aromatic hydroxyl groups is 1. The Morgan fingerprint density at radius 2 is 2.00 bits per heavy atom. The van der Waals surface area contributed by atoms with E-state index in [4.69, 9.17) is 0 Å². The number of likely N-dealkylation sites (tertiary alicyclic amines) is 1. The topological polar surface area (TPSA) is 74.9 Å². The molecule has 4 rings (SSSR count). The number of fused-ring (bicyclic) bond motifs is 1. The number of para-hydroxylation sites is 1. The SMILES string of the molecule is O=C(Cn1c(O)c(C=C2C=Nc3ccccc32)sc1=O)N1CCCCC1. The molecule has 134 valence electrons. The Hall–Kier alpha value is -2.67. The normalized spacial score (nSPS) is 17.7. The predicted octanol–water partition coefficient (Wildman–Crippen LogP) is 2.88. The molecule has 3 heterocycles. The highest BCUT2D eigenvalue weighted by Gasteiger charge is 2.21. The maximum atomic E-state index is 12.4. The van der Waals surface area contributed by atoms with Crippen molar-refractivity contribution in [3.8, 4) is 5.88 Å². The van der Waals surface area contributed by atoms with E-state index >= 15 is 0 Å². The van der Waals surface area contributed by atoms with E-state index in [0.717, 1.165) is 65.1 Å². The number of allylic oxidation sites excluding steroid dienone is 1. The molecule has 2 aliphatic heterocycles.